The number of hydrogen-bond acceptors (Lipinski definition) is 3. The molecule has 30 heavy (non-hydrogen) atoms. The molecule has 0 unspecified atom stereocenters. The Morgan fingerprint density at radius 3 is 2.20 bits per heavy atom. The molecule has 1 heterocycles. The molecule has 0 amide bonds. The summed E-state index contributed by atoms with van der Waals surface area (Å²) in [6.07, 6.45) is 4.18. The molecule has 0 fully saturated rings. The number of carbonyl (C=O) groups is 2. The van der Waals surface area contributed by atoms with Crippen LogP contribution in [0, 0.1) is 5.82 Å². The number of likely N-dealkylation sites (N-methyl/N-ethyl adjacent to an activating group) is 1. The number of hydrogen-bond donors (Lipinski definition) is 2. The van der Waals surface area contributed by atoms with Crippen molar-refractivity contribution in [3.8, 4) is 5.69 Å². The Bertz CT molecular complexity index is 1040. The lowest BCUT2D eigenvalue weighted by molar-refractivity contribution is -0.134. The molecule has 0 aliphatic rings. The highest BCUT2D eigenvalue weighted by Crippen LogP contribution is 2.28. The molecule has 6 nitrogen and oxygen atoms in total. The van der Waals surface area contributed by atoms with Gasteiger partial charge in [0.1, 0.15) is 5.82 Å². The van der Waals surface area contributed by atoms with Crippen LogP contribution in [-0.2, 0) is 16.0 Å². The van der Waals surface area contributed by atoms with Crippen molar-refractivity contribution in [3.05, 3.63) is 77.2 Å². The normalized spacial score (nSPS) is 11.0. The highest BCUT2D eigenvalue weighted by atomic mass is 35.5. The SMILES string of the molecule is CN(C)CCc1cn(-c2ccc(F)cc2)c2ccc(Cl)cc12.O=C(O)/C=C\C(=O)O. The molecule has 2 aromatic carbocycles. The van der Waals surface area contributed by atoms with Crippen LogP contribution in [-0.4, -0.2) is 52.3 Å². The van der Waals surface area contributed by atoms with Gasteiger partial charge >= 0.3 is 11.9 Å². The number of halogens is 2. The van der Waals surface area contributed by atoms with Crippen molar-refractivity contribution in [2.45, 2.75) is 6.42 Å². The van der Waals surface area contributed by atoms with Gasteiger partial charge in [-0.05, 0) is 68.5 Å². The van der Waals surface area contributed by atoms with Crippen molar-refractivity contribution in [1.29, 1.82) is 0 Å². The zero-order valence-corrected chi connectivity index (χ0v) is 17.3. The van der Waals surface area contributed by atoms with Gasteiger partial charge in [-0.25, -0.2) is 14.0 Å². The fraction of sp³-hybridized carbons (Fsp3) is 0.182. The Morgan fingerprint density at radius 1 is 1.07 bits per heavy atom. The van der Waals surface area contributed by atoms with Gasteiger partial charge in [0.25, 0.3) is 0 Å². The molecule has 3 rings (SSSR count). The number of rotatable bonds is 6. The minimum atomic E-state index is -1.26. The zero-order valence-electron chi connectivity index (χ0n) is 16.5. The molecule has 0 bridgehead atoms. The number of aromatic nitrogens is 1. The Kier molecular flexibility index (Phi) is 8.15. The van der Waals surface area contributed by atoms with E-state index in [1.165, 1.54) is 17.7 Å². The van der Waals surface area contributed by atoms with Crippen molar-refractivity contribution in [3.63, 3.8) is 0 Å². The maximum Gasteiger partial charge on any atom is 0.328 e. The van der Waals surface area contributed by atoms with Crippen molar-refractivity contribution in [2.24, 2.45) is 0 Å². The number of carboxylic acid groups (broad SMARTS) is 2. The predicted molar refractivity (Wildman–Crippen MR) is 115 cm³/mol. The minimum Gasteiger partial charge on any atom is -0.478 e. The molecular formula is C22H22ClFN2O4. The predicted octanol–water partition coefficient (Wildman–Crippen LogP) is 4.24. The van der Waals surface area contributed by atoms with Crippen LogP contribution < -0.4 is 0 Å². The second-order valence-electron chi connectivity index (χ2n) is 6.73. The average molecular weight is 433 g/mol. The van der Waals surface area contributed by atoms with Crippen LogP contribution in [0.5, 0.6) is 0 Å². The van der Waals surface area contributed by atoms with Gasteiger partial charge in [0.05, 0.1) is 5.52 Å². The van der Waals surface area contributed by atoms with Crippen LogP contribution in [0.2, 0.25) is 5.02 Å². The quantitative estimate of drug-likeness (QED) is 0.569. The van der Waals surface area contributed by atoms with Gasteiger partial charge in [0.15, 0.2) is 0 Å². The molecule has 8 heteroatoms. The first-order valence-electron chi connectivity index (χ1n) is 9.01. The Labute approximate surface area is 178 Å². The summed E-state index contributed by atoms with van der Waals surface area (Å²) in [4.78, 5) is 21.3. The van der Waals surface area contributed by atoms with Crippen molar-refractivity contribution in [2.75, 3.05) is 20.6 Å². The van der Waals surface area contributed by atoms with Gasteiger partial charge in [-0.1, -0.05) is 11.6 Å². The van der Waals surface area contributed by atoms with Gasteiger partial charge in [0, 0.05) is 41.0 Å². The molecule has 0 saturated heterocycles. The first kappa shape index (κ1) is 23.1. The maximum absolute atomic E-state index is 13.2. The third kappa shape index (κ3) is 6.72. The van der Waals surface area contributed by atoms with E-state index in [1.807, 2.05) is 18.2 Å². The Morgan fingerprint density at radius 2 is 1.67 bits per heavy atom. The summed E-state index contributed by atoms with van der Waals surface area (Å²) in [6, 6.07) is 12.5. The minimum absolute atomic E-state index is 0.226. The molecule has 1 aromatic heterocycles. The lowest BCUT2D eigenvalue weighted by atomic mass is 10.1. The fourth-order valence-electron chi connectivity index (χ4n) is 2.77. The van der Waals surface area contributed by atoms with E-state index in [4.69, 9.17) is 21.8 Å². The van der Waals surface area contributed by atoms with Crippen LogP contribution in [0.3, 0.4) is 0 Å². The third-order valence-electron chi connectivity index (χ3n) is 4.15. The largest absolute Gasteiger partial charge is 0.478 e. The van der Waals surface area contributed by atoms with E-state index in [0.29, 0.717) is 12.2 Å². The number of aliphatic carboxylic acids is 2. The van der Waals surface area contributed by atoms with E-state index in [2.05, 4.69) is 29.8 Å². The van der Waals surface area contributed by atoms with E-state index >= 15 is 0 Å². The summed E-state index contributed by atoms with van der Waals surface area (Å²) in [6.45, 7) is 0.967. The maximum atomic E-state index is 13.2. The summed E-state index contributed by atoms with van der Waals surface area (Å²) in [7, 11) is 4.12. The first-order valence-corrected chi connectivity index (χ1v) is 9.39. The number of fused-ring (bicyclic) bond motifs is 1. The average Bonchev–Trinajstić information content (AvgIpc) is 3.03. The van der Waals surface area contributed by atoms with Gasteiger partial charge in [-0.15, -0.1) is 0 Å². The van der Waals surface area contributed by atoms with Crippen LogP contribution in [0.1, 0.15) is 5.56 Å². The van der Waals surface area contributed by atoms with E-state index < -0.39 is 11.9 Å². The van der Waals surface area contributed by atoms with Crippen LogP contribution in [0.25, 0.3) is 16.6 Å². The fourth-order valence-corrected chi connectivity index (χ4v) is 2.94. The molecule has 0 atom stereocenters. The van der Waals surface area contributed by atoms with Gasteiger partial charge in [-0.3, -0.25) is 0 Å². The molecule has 0 radical (unpaired) electrons. The third-order valence-corrected chi connectivity index (χ3v) is 4.39. The Hall–Kier alpha value is -3.16. The molecule has 0 spiro atoms. The van der Waals surface area contributed by atoms with E-state index in [-0.39, 0.29) is 5.82 Å². The number of carboxylic acids is 2. The smallest absolute Gasteiger partial charge is 0.328 e. The van der Waals surface area contributed by atoms with Gasteiger partial charge < -0.3 is 19.7 Å². The highest BCUT2D eigenvalue weighted by Gasteiger charge is 2.11. The van der Waals surface area contributed by atoms with Gasteiger partial charge in [-0.2, -0.15) is 0 Å². The lowest BCUT2D eigenvalue weighted by Crippen LogP contribution is -2.14. The number of benzene rings is 2. The van der Waals surface area contributed by atoms with E-state index in [9.17, 15) is 14.0 Å². The second kappa shape index (κ2) is 10.6. The molecule has 2 N–H and O–H groups in total. The lowest BCUT2D eigenvalue weighted by Gasteiger charge is -2.08. The molecule has 3 aromatic rings. The highest BCUT2D eigenvalue weighted by molar-refractivity contribution is 6.31. The van der Waals surface area contributed by atoms with Crippen LogP contribution >= 0.6 is 11.6 Å². The van der Waals surface area contributed by atoms with Crippen LogP contribution in [0.4, 0.5) is 4.39 Å². The summed E-state index contributed by atoms with van der Waals surface area (Å²) in [5.74, 6) is -2.74. The topological polar surface area (TPSA) is 82.8 Å². The van der Waals surface area contributed by atoms with Crippen molar-refractivity contribution >= 4 is 34.4 Å². The Balaban J connectivity index is 0.000000343. The molecular weight excluding hydrogens is 411 g/mol. The zero-order chi connectivity index (χ0) is 22.3. The summed E-state index contributed by atoms with van der Waals surface area (Å²) >= 11 is 6.16. The molecule has 158 valence electrons. The van der Waals surface area contributed by atoms with Gasteiger partial charge in [0.2, 0.25) is 0 Å². The van der Waals surface area contributed by atoms with E-state index in [0.717, 1.165) is 34.6 Å². The second-order valence-corrected chi connectivity index (χ2v) is 7.16. The van der Waals surface area contributed by atoms with Crippen molar-refractivity contribution in [1.82, 2.24) is 9.47 Å². The molecule has 0 aliphatic carbocycles. The number of nitrogens with zero attached hydrogens (tertiary/aromatic N) is 2. The monoisotopic (exact) mass is 432 g/mol. The standard InChI is InChI=1S/C18H18ClFN2.C4H4O4/c1-21(2)10-9-13-12-22(16-6-4-15(20)5-7-16)18-8-3-14(19)11-17(13)18;5-3(6)1-2-4(7)8/h3-8,11-12H,9-10H2,1-2H3;1-2H,(H,5,6)(H,7,8)/b;2-1-. The summed E-state index contributed by atoms with van der Waals surface area (Å²) in [5.41, 5.74) is 3.28. The summed E-state index contributed by atoms with van der Waals surface area (Å²) in [5, 5.41) is 17.5. The van der Waals surface area contributed by atoms with Crippen molar-refractivity contribution < 1.29 is 24.2 Å². The molecule has 0 aliphatic heterocycles. The molecule has 0 saturated carbocycles. The van der Waals surface area contributed by atoms with Crippen LogP contribution in [0.15, 0.2) is 60.8 Å². The summed E-state index contributed by atoms with van der Waals surface area (Å²) < 4.78 is 15.2. The van der Waals surface area contributed by atoms with E-state index in [1.54, 1.807) is 12.1 Å². The first-order chi connectivity index (χ1) is 14.2.